The SMILES string of the molecule is Cc1cc2c(cc1S(=O)(=O)N(C)CC(=O)Nc1ccc3c(c1)OCCO3)O[C@H](C)C(=O)N2. The highest BCUT2D eigenvalue weighted by Crippen LogP contribution is 2.35. The zero-order valence-corrected chi connectivity index (χ0v) is 18.6. The monoisotopic (exact) mass is 461 g/mol. The highest BCUT2D eigenvalue weighted by atomic mass is 32.2. The van der Waals surface area contributed by atoms with Crippen molar-refractivity contribution >= 4 is 33.2 Å². The Hall–Kier alpha value is -3.31. The Morgan fingerprint density at radius 1 is 1.16 bits per heavy atom. The van der Waals surface area contributed by atoms with Crippen LogP contribution in [0.2, 0.25) is 0 Å². The zero-order chi connectivity index (χ0) is 23.0. The van der Waals surface area contributed by atoms with E-state index in [2.05, 4.69) is 10.6 Å². The van der Waals surface area contributed by atoms with Crippen molar-refractivity contribution < 1.29 is 32.2 Å². The fourth-order valence-corrected chi connectivity index (χ4v) is 4.74. The summed E-state index contributed by atoms with van der Waals surface area (Å²) in [4.78, 5) is 24.3. The quantitative estimate of drug-likeness (QED) is 0.695. The molecule has 0 unspecified atom stereocenters. The number of likely N-dealkylation sites (N-methyl/N-ethyl adjacent to an activating group) is 1. The molecule has 0 spiro atoms. The first kappa shape index (κ1) is 21.9. The van der Waals surface area contributed by atoms with Crippen molar-refractivity contribution in [3.63, 3.8) is 0 Å². The van der Waals surface area contributed by atoms with Crippen LogP contribution in [0.3, 0.4) is 0 Å². The summed E-state index contributed by atoms with van der Waals surface area (Å²) in [6.45, 7) is 3.65. The lowest BCUT2D eigenvalue weighted by molar-refractivity contribution is -0.122. The molecule has 2 amide bonds. The van der Waals surface area contributed by atoms with Crippen LogP contribution < -0.4 is 24.8 Å². The molecule has 2 N–H and O–H groups in total. The molecule has 0 fully saturated rings. The highest BCUT2D eigenvalue weighted by Gasteiger charge is 2.30. The summed E-state index contributed by atoms with van der Waals surface area (Å²) < 4.78 is 43.7. The summed E-state index contributed by atoms with van der Waals surface area (Å²) in [5, 5.41) is 5.35. The summed E-state index contributed by atoms with van der Waals surface area (Å²) in [5.41, 5.74) is 1.29. The van der Waals surface area contributed by atoms with Crippen molar-refractivity contribution in [2.45, 2.75) is 24.8 Å². The van der Waals surface area contributed by atoms with E-state index in [0.29, 0.717) is 41.7 Å². The second-order valence-electron chi connectivity index (χ2n) is 7.53. The number of aryl methyl sites for hydroxylation is 1. The Kier molecular flexibility index (Phi) is 5.70. The van der Waals surface area contributed by atoms with Gasteiger partial charge in [-0.3, -0.25) is 9.59 Å². The molecule has 10 nitrogen and oxygen atoms in total. The molecule has 2 heterocycles. The number of rotatable bonds is 5. The third kappa shape index (κ3) is 4.21. The zero-order valence-electron chi connectivity index (χ0n) is 17.8. The fourth-order valence-electron chi connectivity index (χ4n) is 3.40. The second kappa shape index (κ2) is 8.32. The summed E-state index contributed by atoms with van der Waals surface area (Å²) in [6, 6.07) is 7.86. The average molecular weight is 461 g/mol. The van der Waals surface area contributed by atoms with Crippen molar-refractivity contribution in [3.8, 4) is 17.2 Å². The molecule has 4 rings (SSSR count). The van der Waals surface area contributed by atoms with Crippen LogP contribution in [-0.4, -0.2) is 57.4 Å². The lowest BCUT2D eigenvalue weighted by Gasteiger charge is -2.25. The molecule has 0 aromatic heterocycles. The molecule has 2 aliphatic heterocycles. The van der Waals surface area contributed by atoms with Gasteiger partial charge >= 0.3 is 0 Å². The topological polar surface area (TPSA) is 123 Å². The van der Waals surface area contributed by atoms with Crippen LogP contribution >= 0.6 is 0 Å². The van der Waals surface area contributed by atoms with E-state index in [4.69, 9.17) is 14.2 Å². The van der Waals surface area contributed by atoms with E-state index < -0.39 is 28.6 Å². The third-order valence-corrected chi connectivity index (χ3v) is 7.03. The van der Waals surface area contributed by atoms with Gasteiger partial charge in [0, 0.05) is 24.9 Å². The van der Waals surface area contributed by atoms with E-state index in [1.165, 1.54) is 19.2 Å². The van der Waals surface area contributed by atoms with Gasteiger partial charge in [0.15, 0.2) is 17.6 Å². The number of amides is 2. The first-order valence-electron chi connectivity index (χ1n) is 9.93. The number of fused-ring (bicyclic) bond motifs is 2. The largest absolute Gasteiger partial charge is 0.486 e. The van der Waals surface area contributed by atoms with Crippen LogP contribution in [0.15, 0.2) is 35.2 Å². The molecule has 170 valence electrons. The Balaban J connectivity index is 1.49. The maximum absolute atomic E-state index is 13.1. The predicted molar refractivity (Wildman–Crippen MR) is 116 cm³/mol. The fraction of sp³-hybridized carbons (Fsp3) is 0.333. The first-order valence-corrected chi connectivity index (χ1v) is 11.4. The van der Waals surface area contributed by atoms with Gasteiger partial charge in [-0.1, -0.05) is 0 Å². The molecule has 2 aliphatic rings. The van der Waals surface area contributed by atoms with Gasteiger partial charge < -0.3 is 24.8 Å². The van der Waals surface area contributed by atoms with Crippen LogP contribution in [0, 0.1) is 6.92 Å². The number of benzene rings is 2. The first-order chi connectivity index (χ1) is 15.1. The van der Waals surface area contributed by atoms with E-state index in [0.717, 1.165) is 4.31 Å². The molecule has 32 heavy (non-hydrogen) atoms. The number of hydrogen-bond acceptors (Lipinski definition) is 7. The van der Waals surface area contributed by atoms with Crippen molar-refractivity contribution in [3.05, 3.63) is 35.9 Å². The molecule has 2 aromatic rings. The molecule has 1 atom stereocenters. The minimum absolute atomic E-state index is 0.00534. The van der Waals surface area contributed by atoms with Crippen molar-refractivity contribution in [1.82, 2.24) is 4.31 Å². The molecule has 0 saturated heterocycles. The van der Waals surface area contributed by atoms with E-state index in [1.54, 1.807) is 32.0 Å². The Bertz CT molecular complexity index is 1200. The number of nitrogens with zero attached hydrogens (tertiary/aromatic N) is 1. The molecule has 11 heteroatoms. The summed E-state index contributed by atoms with van der Waals surface area (Å²) in [7, 11) is -2.68. The van der Waals surface area contributed by atoms with Crippen molar-refractivity contribution in [1.29, 1.82) is 0 Å². The van der Waals surface area contributed by atoms with Gasteiger partial charge in [-0.15, -0.1) is 0 Å². The third-order valence-electron chi connectivity index (χ3n) is 5.09. The Morgan fingerprint density at radius 2 is 1.88 bits per heavy atom. The van der Waals surface area contributed by atoms with Crippen LogP contribution in [0.1, 0.15) is 12.5 Å². The van der Waals surface area contributed by atoms with Gasteiger partial charge in [-0.2, -0.15) is 4.31 Å². The molecule has 0 radical (unpaired) electrons. The van der Waals surface area contributed by atoms with Gasteiger partial charge in [-0.05, 0) is 37.6 Å². The molecule has 0 aliphatic carbocycles. The number of nitrogens with one attached hydrogen (secondary N) is 2. The van der Waals surface area contributed by atoms with Crippen molar-refractivity contribution in [2.24, 2.45) is 0 Å². The highest BCUT2D eigenvalue weighted by molar-refractivity contribution is 7.89. The van der Waals surface area contributed by atoms with Gasteiger partial charge in [0.2, 0.25) is 15.9 Å². The van der Waals surface area contributed by atoms with Crippen LogP contribution in [0.5, 0.6) is 17.2 Å². The smallest absolute Gasteiger partial charge is 0.265 e. The maximum atomic E-state index is 13.1. The van der Waals surface area contributed by atoms with E-state index in [-0.39, 0.29) is 16.6 Å². The number of hydrogen-bond donors (Lipinski definition) is 2. The van der Waals surface area contributed by atoms with Gasteiger partial charge in [-0.25, -0.2) is 8.42 Å². The minimum atomic E-state index is -4.00. The number of anilines is 2. The van der Waals surface area contributed by atoms with Crippen LogP contribution in [0.25, 0.3) is 0 Å². The normalized spacial score (nSPS) is 17.2. The second-order valence-corrected chi connectivity index (χ2v) is 9.54. The van der Waals surface area contributed by atoms with Gasteiger partial charge in [0.25, 0.3) is 5.91 Å². The van der Waals surface area contributed by atoms with E-state index in [1.807, 2.05) is 0 Å². The Morgan fingerprint density at radius 3 is 2.62 bits per heavy atom. The number of carbonyl (C=O) groups excluding carboxylic acids is 2. The average Bonchev–Trinajstić information content (AvgIpc) is 2.74. The van der Waals surface area contributed by atoms with Crippen molar-refractivity contribution in [2.75, 3.05) is 37.4 Å². The van der Waals surface area contributed by atoms with Gasteiger partial charge in [0.05, 0.1) is 17.1 Å². The lowest BCUT2D eigenvalue weighted by atomic mass is 10.1. The Labute approximate surface area is 185 Å². The molecular weight excluding hydrogens is 438 g/mol. The summed E-state index contributed by atoms with van der Waals surface area (Å²) in [5.74, 6) is 0.543. The molecular formula is C21H23N3O7S. The maximum Gasteiger partial charge on any atom is 0.265 e. The minimum Gasteiger partial charge on any atom is -0.486 e. The summed E-state index contributed by atoms with van der Waals surface area (Å²) in [6.07, 6.45) is -0.740. The van der Waals surface area contributed by atoms with Crippen LogP contribution in [-0.2, 0) is 19.6 Å². The lowest BCUT2D eigenvalue weighted by Crippen LogP contribution is -2.36. The van der Waals surface area contributed by atoms with Crippen LogP contribution in [0.4, 0.5) is 11.4 Å². The molecule has 0 bridgehead atoms. The number of carbonyl (C=O) groups is 2. The number of ether oxygens (including phenoxy) is 3. The molecule has 0 saturated carbocycles. The van der Waals surface area contributed by atoms with E-state index >= 15 is 0 Å². The molecule has 2 aromatic carbocycles. The standard InChI is InChI=1S/C21H23N3O7S/c1-12-8-15-17(31-13(2)21(26)23-15)10-19(12)32(27,28)24(3)11-20(25)22-14-4-5-16-18(9-14)30-7-6-29-16/h4-5,8-10,13H,6-7,11H2,1-3H3,(H,22,25)(H,23,26)/t13-/m1/s1. The number of sulfonamides is 1. The van der Waals surface area contributed by atoms with E-state index in [9.17, 15) is 18.0 Å². The predicted octanol–water partition coefficient (Wildman–Crippen LogP) is 1.74. The summed E-state index contributed by atoms with van der Waals surface area (Å²) >= 11 is 0. The van der Waals surface area contributed by atoms with Gasteiger partial charge in [0.1, 0.15) is 19.0 Å².